The average molecular weight is 282 g/mol. The van der Waals surface area contributed by atoms with Crippen LogP contribution in [0.3, 0.4) is 0 Å². The van der Waals surface area contributed by atoms with Crippen molar-refractivity contribution in [1.82, 2.24) is 4.90 Å². The zero-order chi connectivity index (χ0) is 15.0. The summed E-state index contributed by atoms with van der Waals surface area (Å²) < 4.78 is 5.33. The molecule has 1 saturated carbocycles. The summed E-state index contributed by atoms with van der Waals surface area (Å²) in [7, 11) is 0. The van der Waals surface area contributed by atoms with Gasteiger partial charge in [-0.15, -0.1) is 0 Å². The number of nitrogens with zero attached hydrogens (tertiary/aromatic N) is 1. The van der Waals surface area contributed by atoms with Crippen molar-refractivity contribution in [2.45, 2.75) is 70.9 Å². The van der Waals surface area contributed by atoms with Gasteiger partial charge in [-0.3, -0.25) is 4.90 Å². The van der Waals surface area contributed by atoms with E-state index in [1.54, 1.807) is 20.8 Å². The van der Waals surface area contributed by atoms with Crippen molar-refractivity contribution in [3.63, 3.8) is 0 Å². The van der Waals surface area contributed by atoms with Crippen molar-refractivity contribution >= 4 is 12.1 Å². The average Bonchev–Trinajstić information content (AvgIpc) is 2.68. The second-order valence-electron chi connectivity index (χ2n) is 7.21. The molecule has 1 atom stereocenters. The van der Waals surface area contributed by atoms with Crippen molar-refractivity contribution in [2.24, 2.45) is 5.41 Å². The molecular formula is C15H24NO4-. The van der Waals surface area contributed by atoms with Crippen LogP contribution in [0.25, 0.3) is 0 Å². The minimum Gasteiger partial charge on any atom is -0.548 e. The highest BCUT2D eigenvalue weighted by molar-refractivity contribution is 5.80. The zero-order valence-electron chi connectivity index (χ0n) is 12.6. The predicted octanol–water partition coefficient (Wildman–Crippen LogP) is 1.70. The molecule has 1 saturated heterocycles. The van der Waals surface area contributed by atoms with Crippen LogP contribution in [0.4, 0.5) is 4.79 Å². The largest absolute Gasteiger partial charge is 0.548 e. The van der Waals surface area contributed by atoms with Gasteiger partial charge in [0.2, 0.25) is 0 Å². The monoisotopic (exact) mass is 282 g/mol. The number of hydrogen-bond donors (Lipinski definition) is 0. The lowest BCUT2D eigenvalue weighted by molar-refractivity contribution is -0.310. The Morgan fingerprint density at radius 2 is 1.80 bits per heavy atom. The van der Waals surface area contributed by atoms with Gasteiger partial charge in [0.05, 0.1) is 12.0 Å². The maximum Gasteiger partial charge on any atom is 0.410 e. The van der Waals surface area contributed by atoms with E-state index in [4.69, 9.17) is 4.74 Å². The Morgan fingerprint density at radius 3 is 2.30 bits per heavy atom. The molecule has 1 spiro atoms. The summed E-state index contributed by atoms with van der Waals surface area (Å²) in [6.07, 6.45) is 5.39. The van der Waals surface area contributed by atoms with Crippen molar-refractivity contribution in [1.29, 1.82) is 0 Å². The van der Waals surface area contributed by atoms with Gasteiger partial charge >= 0.3 is 6.09 Å². The van der Waals surface area contributed by atoms with Crippen LogP contribution in [0.15, 0.2) is 0 Å². The molecule has 0 aromatic heterocycles. The number of carboxylic acid groups (broad SMARTS) is 1. The van der Waals surface area contributed by atoms with Crippen molar-refractivity contribution in [2.75, 3.05) is 6.54 Å². The molecular weight excluding hydrogens is 258 g/mol. The Hall–Kier alpha value is -1.26. The maximum atomic E-state index is 12.2. The summed E-state index contributed by atoms with van der Waals surface area (Å²) in [5.41, 5.74) is -0.657. The van der Waals surface area contributed by atoms with E-state index in [0.717, 1.165) is 25.7 Å². The normalized spacial score (nSPS) is 25.8. The first kappa shape index (κ1) is 15.1. The third-order valence-electron chi connectivity index (χ3n) is 4.32. The van der Waals surface area contributed by atoms with Crippen molar-refractivity contribution in [3.8, 4) is 0 Å². The SMILES string of the molecule is CC(C)(C)OC(=O)N1CC2(CCCCC2)CC1C(=O)[O-]. The van der Waals surface area contributed by atoms with E-state index in [-0.39, 0.29) is 5.41 Å². The van der Waals surface area contributed by atoms with Crippen molar-refractivity contribution < 1.29 is 19.4 Å². The summed E-state index contributed by atoms with van der Waals surface area (Å²) in [5, 5.41) is 11.3. The topological polar surface area (TPSA) is 69.7 Å². The molecule has 0 bridgehead atoms. The fourth-order valence-corrected chi connectivity index (χ4v) is 3.44. The summed E-state index contributed by atoms with van der Waals surface area (Å²) in [5.74, 6) is -1.17. The van der Waals surface area contributed by atoms with E-state index in [2.05, 4.69) is 0 Å². The van der Waals surface area contributed by atoms with Gasteiger partial charge in [0, 0.05) is 6.54 Å². The second-order valence-corrected chi connectivity index (χ2v) is 7.21. The number of aliphatic carboxylic acids is 1. The number of carboxylic acids is 1. The molecule has 1 aliphatic heterocycles. The number of likely N-dealkylation sites (tertiary alicyclic amines) is 1. The third kappa shape index (κ3) is 3.25. The van der Waals surface area contributed by atoms with E-state index >= 15 is 0 Å². The van der Waals surface area contributed by atoms with E-state index in [1.807, 2.05) is 0 Å². The molecule has 5 nitrogen and oxygen atoms in total. The summed E-state index contributed by atoms with van der Waals surface area (Å²) >= 11 is 0. The Kier molecular flexibility index (Phi) is 3.98. The Morgan fingerprint density at radius 1 is 1.20 bits per heavy atom. The van der Waals surface area contributed by atoms with Crippen LogP contribution < -0.4 is 5.11 Å². The fraction of sp³-hybridized carbons (Fsp3) is 0.867. The molecule has 0 N–H and O–H groups in total. The highest BCUT2D eigenvalue weighted by Gasteiger charge is 2.47. The molecule has 2 rings (SSSR count). The molecule has 20 heavy (non-hydrogen) atoms. The molecule has 1 unspecified atom stereocenters. The molecule has 2 aliphatic rings. The number of hydrogen-bond acceptors (Lipinski definition) is 4. The van der Waals surface area contributed by atoms with E-state index in [1.165, 1.54) is 11.3 Å². The summed E-state index contributed by atoms with van der Waals surface area (Å²) in [4.78, 5) is 24.9. The quantitative estimate of drug-likeness (QED) is 0.734. The molecule has 114 valence electrons. The van der Waals surface area contributed by atoms with Gasteiger partial charge in [-0.2, -0.15) is 0 Å². The molecule has 1 aliphatic carbocycles. The number of ether oxygens (including phenoxy) is 1. The van der Waals surface area contributed by atoms with Gasteiger partial charge in [-0.25, -0.2) is 4.79 Å². The Balaban J connectivity index is 2.13. The predicted molar refractivity (Wildman–Crippen MR) is 71.9 cm³/mol. The summed E-state index contributed by atoms with van der Waals surface area (Å²) in [6, 6.07) is -0.844. The van der Waals surface area contributed by atoms with Crippen molar-refractivity contribution in [3.05, 3.63) is 0 Å². The van der Waals surface area contributed by atoms with Crippen LogP contribution in [0, 0.1) is 5.41 Å². The molecule has 0 radical (unpaired) electrons. The fourth-order valence-electron chi connectivity index (χ4n) is 3.44. The molecule has 5 heteroatoms. The number of carbonyl (C=O) groups is 2. The first-order chi connectivity index (χ1) is 9.22. The standard InChI is InChI=1S/C15H25NO4/c1-14(2,3)20-13(19)16-10-15(7-5-4-6-8-15)9-11(16)12(17)18/h11H,4-10H2,1-3H3,(H,17,18)/p-1. The van der Waals surface area contributed by atoms with E-state index < -0.39 is 23.7 Å². The van der Waals surface area contributed by atoms with E-state index in [9.17, 15) is 14.7 Å². The lowest BCUT2D eigenvalue weighted by atomic mass is 9.73. The van der Waals surface area contributed by atoms with Gasteiger partial charge in [0.1, 0.15) is 5.60 Å². The highest BCUT2D eigenvalue weighted by atomic mass is 16.6. The minimum atomic E-state index is -1.17. The molecule has 0 aromatic carbocycles. The van der Waals surface area contributed by atoms with E-state index in [0.29, 0.717) is 13.0 Å². The van der Waals surface area contributed by atoms with Gasteiger partial charge in [-0.1, -0.05) is 19.3 Å². The third-order valence-corrected chi connectivity index (χ3v) is 4.32. The molecule has 0 aromatic rings. The zero-order valence-corrected chi connectivity index (χ0v) is 12.6. The van der Waals surface area contributed by atoms with Gasteiger partial charge in [0.15, 0.2) is 0 Å². The second kappa shape index (κ2) is 5.26. The lowest BCUT2D eigenvalue weighted by Gasteiger charge is -2.33. The maximum absolute atomic E-state index is 12.2. The van der Waals surface area contributed by atoms with Crippen LogP contribution >= 0.6 is 0 Å². The van der Waals surface area contributed by atoms with Gasteiger partial charge in [-0.05, 0) is 45.4 Å². The molecule has 2 fully saturated rings. The van der Waals surface area contributed by atoms with Crippen LogP contribution in [-0.2, 0) is 9.53 Å². The Bertz CT molecular complexity index is 393. The van der Waals surface area contributed by atoms with Gasteiger partial charge in [0.25, 0.3) is 0 Å². The Labute approximate surface area is 120 Å². The summed E-state index contributed by atoms with van der Waals surface area (Å²) in [6.45, 7) is 5.84. The van der Waals surface area contributed by atoms with Gasteiger partial charge < -0.3 is 14.6 Å². The van der Waals surface area contributed by atoms with Crippen LogP contribution in [0.2, 0.25) is 0 Å². The number of rotatable bonds is 1. The molecule has 1 amide bonds. The number of amides is 1. The van der Waals surface area contributed by atoms with Crippen LogP contribution in [0.5, 0.6) is 0 Å². The highest BCUT2D eigenvalue weighted by Crippen LogP contribution is 2.46. The minimum absolute atomic E-state index is 0.0418. The smallest absolute Gasteiger partial charge is 0.410 e. The number of carbonyl (C=O) groups excluding carboxylic acids is 2. The first-order valence-electron chi connectivity index (χ1n) is 7.43. The lowest BCUT2D eigenvalue weighted by Crippen LogP contribution is -2.48. The molecule has 1 heterocycles. The first-order valence-corrected chi connectivity index (χ1v) is 7.43. The van der Waals surface area contributed by atoms with Crippen LogP contribution in [0.1, 0.15) is 59.3 Å². The van der Waals surface area contributed by atoms with Crippen LogP contribution in [-0.4, -0.2) is 35.2 Å².